The fourth-order valence-electron chi connectivity index (χ4n) is 2.97. The van der Waals surface area contributed by atoms with Crippen molar-refractivity contribution in [2.45, 2.75) is 12.6 Å². The molecule has 4 rings (SSSR count). The largest absolute Gasteiger partial charge is 0.483 e. The lowest BCUT2D eigenvalue weighted by Gasteiger charge is -2.21. The number of benzene rings is 2. The second-order valence-corrected chi connectivity index (χ2v) is 7.64. The van der Waals surface area contributed by atoms with Crippen molar-refractivity contribution in [1.82, 2.24) is 10.6 Å². The molecule has 0 radical (unpaired) electrons. The lowest BCUT2D eigenvalue weighted by atomic mass is 9.99. The van der Waals surface area contributed by atoms with Crippen LogP contribution in [0.1, 0.15) is 18.1 Å². The van der Waals surface area contributed by atoms with Gasteiger partial charge in [0.1, 0.15) is 0 Å². The number of rotatable bonds is 2. The van der Waals surface area contributed by atoms with E-state index in [1.807, 2.05) is 12.1 Å². The Morgan fingerprint density at radius 1 is 0.906 bits per heavy atom. The van der Waals surface area contributed by atoms with Crippen molar-refractivity contribution in [3.8, 4) is 0 Å². The van der Waals surface area contributed by atoms with Gasteiger partial charge in [-0.05, 0) is 42.3 Å². The number of hydrogen-bond acceptors (Lipinski definition) is 4. The Kier molecular flexibility index (Phi) is 8.37. The highest BCUT2D eigenvalue weighted by Gasteiger charge is 2.34. The maximum atomic E-state index is 11.1. The SMILES string of the molecule is C=C1NC(=O)C=C1c1ccc(Cl)cc1.CC1(O)NC(=O)C=C1c1ccc(Cl)cc1.O=CO. The van der Waals surface area contributed by atoms with Gasteiger partial charge in [-0.15, -0.1) is 0 Å². The smallest absolute Gasteiger partial charge is 0.290 e. The number of aliphatic hydroxyl groups is 1. The van der Waals surface area contributed by atoms with Gasteiger partial charge in [0.25, 0.3) is 6.47 Å². The standard InChI is InChI=1S/C11H10ClNO2.C11H8ClNO.CH2O2/c1-11(15)9(6-10(14)13-11)7-2-4-8(12)5-3-7;1-7-10(6-11(14)13-7)8-2-4-9(12)5-3-8;2-1-3/h2-6,15H,1H3,(H,13,14);2-6H,1H2,(H,13,14);1H,(H,2,3). The summed E-state index contributed by atoms with van der Waals surface area (Å²) in [4.78, 5) is 30.5. The van der Waals surface area contributed by atoms with E-state index in [0.717, 1.165) is 16.7 Å². The second-order valence-electron chi connectivity index (χ2n) is 6.76. The van der Waals surface area contributed by atoms with Crippen LogP contribution in [0.3, 0.4) is 0 Å². The second kappa shape index (κ2) is 10.8. The van der Waals surface area contributed by atoms with E-state index >= 15 is 0 Å². The quantitative estimate of drug-likeness (QED) is 0.496. The van der Waals surface area contributed by atoms with E-state index < -0.39 is 5.72 Å². The van der Waals surface area contributed by atoms with Crippen LogP contribution >= 0.6 is 23.2 Å². The summed E-state index contributed by atoms with van der Waals surface area (Å²) >= 11 is 11.5. The first-order valence-corrected chi connectivity index (χ1v) is 9.91. The number of carbonyl (C=O) groups is 3. The third kappa shape index (κ3) is 6.55. The predicted octanol–water partition coefficient (Wildman–Crippen LogP) is 3.63. The van der Waals surface area contributed by atoms with Gasteiger partial charge in [0, 0.05) is 39.0 Å². The molecule has 0 fully saturated rings. The zero-order valence-corrected chi connectivity index (χ0v) is 18.4. The van der Waals surface area contributed by atoms with Crippen molar-refractivity contribution in [2.24, 2.45) is 0 Å². The van der Waals surface area contributed by atoms with Gasteiger partial charge in [0.15, 0.2) is 5.72 Å². The van der Waals surface area contributed by atoms with Gasteiger partial charge in [0.05, 0.1) is 0 Å². The Morgan fingerprint density at radius 3 is 1.75 bits per heavy atom. The Labute approximate surface area is 194 Å². The van der Waals surface area contributed by atoms with Gasteiger partial charge in [-0.3, -0.25) is 14.4 Å². The molecule has 2 aromatic rings. The molecule has 0 bridgehead atoms. The summed E-state index contributed by atoms with van der Waals surface area (Å²) in [5.74, 6) is -0.412. The van der Waals surface area contributed by atoms with Crippen molar-refractivity contribution in [1.29, 1.82) is 0 Å². The predicted molar refractivity (Wildman–Crippen MR) is 124 cm³/mol. The van der Waals surface area contributed by atoms with Crippen molar-refractivity contribution < 1.29 is 24.6 Å². The van der Waals surface area contributed by atoms with Gasteiger partial charge < -0.3 is 20.8 Å². The molecule has 2 aliphatic rings. The van der Waals surface area contributed by atoms with E-state index in [0.29, 0.717) is 21.3 Å². The van der Waals surface area contributed by atoms with Crippen LogP contribution in [-0.4, -0.2) is 34.2 Å². The molecule has 0 spiro atoms. The van der Waals surface area contributed by atoms with Crippen LogP contribution in [0, 0.1) is 0 Å². The molecule has 2 aromatic carbocycles. The van der Waals surface area contributed by atoms with E-state index in [1.165, 1.54) is 12.2 Å². The minimum atomic E-state index is -1.30. The summed E-state index contributed by atoms with van der Waals surface area (Å²) in [6.07, 6.45) is 2.93. The zero-order valence-electron chi connectivity index (χ0n) is 16.9. The Morgan fingerprint density at radius 2 is 1.38 bits per heavy atom. The molecule has 32 heavy (non-hydrogen) atoms. The van der Waals surface area contributed by atoms with Gasteiger partial charge in [-0.1, -0.05) is 54.0 Å². The monoisotopic (exact) mass is 474 g/mol. The van der Waals surface area contributed by atoms with Crippen molar-refractivity contribution in [2.75, 3.05) is 0 Å². The van der Waals surface area contributed by atoms with Crippen molar-refractivity contribution in [3.05, 3.63) is 94.1 Å². The molecule has 1 atom stereocenters. The third-order valence-corrected chi connectivity index (χ3v) is 4.86. The van der Waals surface area contributed by atoms with Crippen LogP contribution in [0.2, 0.25) is 10.0 Å². The third-order valence-electron chi connectivity index (χ3n) is 4.35. The molecular weight excluding hydrogens is 455 g/mol. The fraction of sp³-hybridized carbons (Fsp3) is 0.0870. The van der Waals surface area contributed by atoms with Gasteiger partial charge >= 0.3 is 0 Å². The first-order valence-electron chi connectivity index (χ1n) is 9.15. The van der Waals surface area contributed by atoms with E-state index in [4.69, 9.17) is 33.1 Å². The highest BCUT2D eigenvalue weighted by Crippen LogP contribution is 2.29. The number of allylic oxidation sites excluding steroid dienone is 1. The molecule has 2 amide bonds. The minimum absolute atomic E-state index is 0.125. The number of halogens is 2. The summed E-state index contributed by atoms with van der Waals surface area (Å²) in [6.45, 7) is 5.04. The highest BCUT2D eigenvalue weighted by molar-refractivity contribution is 6.31. The lowest BCUT2D eigenvalue weighted by Crippen LogP contribution is -2.40. The Bertz CT molecular complexity index is 1090. The molecule has 0 saturated carbocycles. The maximum absolute atomic E-state index is 11.1. The highest BCUT2D eigenvalue weighted by atomic mass is 35.5. The average Bonchev–Trinajstić information content (AvgIpc) is 3.20. The van der Waals surface area contributed by atoms with Crippen LogP contribution in [0.15, 0.2) is 73.0 Å². The molecule has 0 aliphatic carbocycles. The molecule has 1 unspecified atom stereocenters. The van der Waals surface area contributed by atoms with E-state index in [-0.39, 0.29) is 18.3 Å². The van der Waals surface area contributed by atoms with Gasteiger partial charge in [-0.25, -0.2) is 0 Å². The van der Waals surface area contributed by atoms with Gasteiger partial charge in [0.2, 0.25) is 11.8 Å². The molecule has 4 N–H and O–H groups in total. The Hall–Kier alpha value is -3.39. The van der Waals surface area contributed by atoms with E-state index in [2.05, 4.69) is 17.2 Å². The number of carbonyl (C=O) groups excluding carboxylic acids is 2. The lowest BCUT2D eigenvalue weighted by molar-refractivity contribution is -0.123. The van der Waals surface area contributed by atoms with Crippen molar-refractivity contribution in [3.63, 3.8) is 0 Å². The molecule has 0 saturated heterocycles. The fourth-order valence-corrected chi connectivity index (χ4v) is 3.22. The molecule has 2 aliphatic heterocycles. The number of carboxylic acid groups (broad SMARTS) is 1. The summed E-state index contributed by atoms with van der Waals surface area (Å²) in [6, 6.07) is 14.3. The molecular formula is C23H20Cl2N2O5. The summed E-state index contributed by atoms with van der Waals surface area (Å²) in [7, 11) is 0. The maximum Gasteiger partial charge on any atom is 0.290 e. The first kappa shape index (κ1) is 24.9. The number of nitrogens with one attached hydrogen (secondary N) is 2. The number of amides is 2. The summed E-state index contributed by atoms with van der Waals surface area (Å²) in [5.41, 5.74) is 2.44. The molecule has 2 heterocycles. The molecule has 9 heteroatoms. The van der Waals surface area contributed by atoms with Crippen LogP contribution in [-0.2, 0) is 14.4 Å². The first-order chi connectivity index (χ1) is 15.1. The van der Waals surface area contributed by atoms with E-state index in [1.54, 1.807) is 43.3 Å². The van der Waals surface area contributed by atoms with E-state index in [9.17, 15) is 14.7 Å². The van der Waals surface area contributed by atoms with Crippen LogP contribution in [0.5, 0.6) is 0 Å². The van der Waals surface area contributed by atoms with Gasteiger partial charge in [-0.2, -0.15) is 0 Å². The minimum Gasteiger partial charge on any atom is -0.483 e. The van der Waals surface area contributed by atoms with Crippen LogP contribution in [0.25, 0.3) is 11.1 Å². The average molecular weight is 475 g/mol. The number of hydrogen-bond donors (Lipinski definition) is 4. The zero-order chi connectivity index (χ0) is 23.9. The summed E-state index contributed by atoms with van der Waals surface area (Å²) in [5, 5.41) is 23.2. The van der Waals surface area contributed by atoms with Crippen LogP contribution < -0.4 is 10.6 Å². The molecule has 7 nitrogen and oxygen atoms in total. The topological polar surface area (TPSA) is 116 Å². The summed E-state index contributed by atoms with van der Waals surface area (Å²) < 4.78 is 0. The van der Waals surface area contributed by atoms with Crippen LogP contribution in [0.4, 0.5) is 0 Å². The molecule has 166 valence electrons. The van der Waals surface area contributed by atoms with Crippen molar-refractivity contribution >= 4 is 52.6 Å². The molecule has 0 aromatic heterocycles. The normalized spacial score (nSPS) is 18.8. The Balaban J connectivity index is 0.000000203.